The van der Waals surface area contributed by atoms with Gasteiger partial charge in [0.1, 0.15) is 0 Å². The van der Waals surface area contributed by atoms with Crippen LogP contribution in [0.4, 0.5) is 0 Å². The third kappa shape index (κ3) is 1.57. The molecule has 1 nitrogen and oxygen atoms in total. The van der Waals surface area contributed by atoms with Crippen LogP contribution >= 0.6 is 0 Å². The first-order valence-electron chi connectivity index (χ1n) is 2.70. The third-order valence-corrected chi connectivity index (χ3v) is 3.75. The predicted molar refractivity (Wildman–Crippen MR) is 26.5 cm³/mol. The quantitative estimate of drug-likeness (QED) is 0.169. The van der Waals surface area contributed by atoms with E-state index in [1.165, 1.54) is 11.0 Å². The van der Waals surface area contributed by atoms with Gasteiger partial charge in [-0.1, -0.05) is 0 Å². The summed E-state index contributed by atoms with van der Waals surface area (Å²) < 4.78 is 4.03. The first kappa shape index (κ1) is 5.82. The van der Waals surface area contributed by atoms with E-state index in [1.54, 1.807) is 0 Å². The molecule has 7 heavy (non-hydrogen) atoms. The Hall–Kier alpha value is 0.690. The normalized spacial score (nSPS) is 33.7. The van der Waals surface area contributed by atoms with Gasteiger partial charge in [-0.15, -0.1) is 0 Å². The van der Waals surface area contributed by atoms with Crippen molar-refractivity contribution in [2.45, 2.75) is 26.3 Å². The summed E-state index contributed by atoms with van der Waals surface area (Å²) in [5.74, 6) is 0. The molecule has 44 valence electrons. The molecule has 0 saturated carbocycles. The van der Waals surface area contributed by atoms with Gasteiger partial charge in [-0.05, 0) is 0 Å². The molecule has 1 saturated heterocycles. The zero-order valence-corrected chi connectivity index (χ0v) is 6.97. The molecule has 1 heterocycles. The van der Waals surface area contributed by atoms with Gasteiger partial charge in [0, 0.05) is 0 Å². The van der Waals surface area contributed by atoms with E-state index in [9.17, 15) is 0 Å². The first-order valence-corrected chi connectivity index (χ1v) is 5.19. The molecular weight excluding hydrogens is 201 g/mol. The Kier molecular flexibility index (Phi) is 1.92. The van der Waals surface area contributed by atoms with E-state index >= 15 is 0 Å². The fourth-order valence-electron chi connectivity index (χ4n) is 0.465. The van der Waals surface area contributed by atoms with Gasteiger partial charge in [0.15, 0.2) is 0 Å². The Morgan fingerprint density at radius 3 is 2.57 bits per heavy atom. The van der Waals surface area contributed by atoms with E-state index in [4.69, 9.17) is 0 Å². The molecule has 2 atom stereocenters. The summed E-state index contributed by atoms with van der Waals surface area (Å²) in [7, 11) is 0. The van der Waals surface area contributed by atoms with Gasteiger partial charge < -0.3 is 0 Å². The molecule has 1 fully saturated rings. The van der Waals surface area contributed by atoms with Crippen LogP contribution in [0.25, 0.3) is 0 Å². The van der Waals surface area contributed by atoms with Crippen LogP contribution in [0.15, 0.2) is 0 Å². The van der Waals surface area contributed by atoms with Crippen molar-refractivity contribution < 1.29 is 21.5 Å². The average molecular weight is 212 g/mol. The first-order chi connectivity index (χ1) is 3.34. The van der Waals surface area contributed by atoms with Crippen LogP contribution in [-0.2, 0) is 0 Å². The fourth-order valence-corrected chi connectivity index (χ4v) is 2.38. The van der Waals surface area contributed by atoms with Gasteiger partial charge >= 0.3 is 55.5 Å². The van der Waals surface area contributed by atoms with E-state index in [1.807, 2.05) is 0 Å². The van der Waals surface area contributed by atoms with Crippen molar-refractivity contribution in [1.29, 1.82) is 0 Å². The van der Waals surface area contributed by atoms with Gasteiger partial charge in [-0.2, -0.15) is 0 Å². The van der Waals surface area contributed by atoms with E-state index < -0.39 is 0 Å². The summed E-state index contributed by atoms with van der Waals surface area (Å²) in [6, 6.07) is 0.896. The number of halogens is 1. The predicted octanol–water partition coefficient (Wildman–Crippen LogP) is -1.94. The summed E-state index contributed by atoms with van der Waals surface area (Å²) in [6.07, 6.45) is 1.33. The molecule has 0 bridgehead atoms. The van der Waals surface area contributed by atoms with E-state index in [0.717, 1.165) is 6.04 Å². The Balaban J connectivity index is 2.10. The molecule has 0 aromatic heterocycles. The molecule has 0 spiro atoms. The van der Waals surface area contributed by atoms with Crippen molar-refractivity contribution in [3.63, 3.8) is 0 Å². The number of hydrogen-bond donors (Lipinski definition) is 0. The maximum atomic E-state index is 2.58. The molecule has 1 rings (SSSR count). The summed E-state index contributed by atoms with van der Waals surface area (Å²) in [5.41, 5.74) is 0. The molecule has 0 radical (unpaired) electrons. The standard InChI is InChI=1S/C5H11IN/c1-3-5(2)7-4-6-7/h5H,3-4H2,1-2H3/q-1. The number of hydrogen-bond acceptors (Lipinski definition) is 1. The Bertz CT molecular complexity index is 61.1. The van der Waals surface area contributed by atoms with Gasteiger partial charge in [0.05, 0.1) is 0 Å². The average Bonchev–Trinajstić information content (AvgIpc) is 2.44. The molecule has 1 aliphatic heterocycles. The Morgan fingerprint density at radius 2 is 2.43 bits per heavy atom. The minimum absolute atomic E-state index is 0.561. The zero-order chi connectivity index (χ0) is 5.28. The molecule has 0 aromatic rings. The fraction of sp³-hybridized carbons (Fsp3) is 1.00. The second-order valence-corrected chi connectivity index (χ2v) is 4.50. The van der Waals surface area contributed by atoms with Gasteiger partial charge in [-0.3, -0.25) is 0 Å². The second-order valence-electron chi connectivity index (χ2n) is 1.90. The van der Waals surface area contributed by atoms with Gasteiger partial charge in [0.25, 0.3) is 0 Å². The molecule has 0 amide bonds. The van der Waals surface area contributed by atoms with Gasteiger partial charge in [-0.25, -0.2) is 0 Å². The number of nitrogens with zero attached hydrogens (tertiary/aromatic N) is 1. The maximum absolute atomic E-state index is 2.58. The molecule has 0 aromatic carbocycles. The Labute approximate surface area is 55.7 Å². The zero-order valence-electron chi connectivity index (χ0n) is 4.82. The van der Waals surface area contributed by atoms with Crippen LogP contribution in [0.1, 0.15) is 20.3 Å². The molecule has 2 heteroatoms. The monoisotopic (exact) mass is 212 g/mol. The van der Waals surface area contributed by atoms with Crippen LogP contribution in [0.2, 0.25) is 0 Å². The molecule has 2 unspecified atom stereocenters. The van der Waals surface area contributed by atoms with E-state index in [-0.39, 0.29) is 0 Å². The molecule has 1 aliphatic rings. The molecule has 0 aliphatic carbocycles. The van der Waals surface area contributed by atoms with Crippen LogP contribution in [0.3, 0.4) is 0 Å². The second kappa shape index (κ2) is 2.31. The SMILES string of the molecule is CCC(C)N1C[I-]1. The van der Waals surface area contributed by atoms with Crippen molar-refractivity contribution in [3.05, 3.63) is 0 Å². The van der Waals surface area contributed by atoms with Gasteiger partial charge in [0.2, 0.25) is 0 Å². The summed E-state index contributed by atoms with van der Waals surface area (Å²) in [4.78, 5) is 0. The molecule has 0 N–H and O–H groups in total. The summed E-state index contributed by atoms with van der Waals surface area (Å²) in [5, 5.41) is 0. The van der Waals surface area contributed by atoms with Crippen molar-refractivity contribution in [3.8, 4) is 0 Å². The topological polar surface area (TPSA) is 3.01 Å². The number of alkyl halides is 1. The van der Waals surface area contributed by atoms with Crippen molar-refractivity contribution in [2.75, 3.05) is 4.55 Å². The van der Waals surface area contributed by atoms with Crippen molar-refractivity contribution in [1.82, 2.24) is 3.11 Å². The van der Waals surface area contributed by atoms with E-state index in [0.29, 0.717) is 21.5 Å². The summed E-state index contributed by atoms with van der Waals surface area (Å²) in [6.45, 7) is 4.57. The summed E-state index contributed by atoms with van der Waals surface area (Å²) >= 11 is 0.561. The van der Waals surface area contributed by atoms with Crippen molar-refractivity contribution in [2.24, 2.45) is 0 Å². The van der Waals surface area contributed by atoms with Crippen LogP contribution in [0.5, 0.6) is 0 Å². The van der Waals surface area contributed by atoms with Crippen LogP contribution in [-0.4, -0.2) is 13.7 Å². The van der Waals surface area contributed by atoms with Crippen molar-refractivity contribution >= 4 is 0 Å². The third-order valence-electron chi connectivity index (χ3n) is 1.33. The van der Waals surface area contributed by atoms with Crippen LogP contribution < -0.4 is 21.5 Å². The minimum atomic E-state index is 0.561. The van der Waals surface area contributed by atoms with Crippen LogP contribution in [0, 0.1) is 0 Å². The van der Waals surface area contributed by atoms with E-state index in [2.05, 4.69) is 17.0 Å². The Morgan fingerprint density at radius 1 is 1.86 bits per heavy atom. The number of rotatable bonds is 2. The molecular formula is C5H11IN-.